The molecule has 2 atom stereocenters. The van der Waals surface area contributed by atoms with E-state index in [2.05, 4.69) is 119 Å². The van der Waals surface area contributed by atoms with Crippen molar-refractivity contribution in [1.82, 2.24) is 15.2 Å². The molecule has 2 aromatic rings. The Bertz CT molecular complexity index is 674. The zero-order chi connectivity index (χ0) is 23.8. The number of rotatable bonds is 3. The average molecular weight is 464 g/mol. The number of nitrogens with zero attached hydrogens (tertiary/aromatic N) is 2. The molecule has 1 aliphatic rings. The van der Waals surface area contributed by atoms with Crippen molar-refractivity contribution < 1.29 is 21.8 Å². The second-order valence-electron chi connectivity index (χ2n) is 7.26. The van der Waals surface area contributed by atoms with Gasteiger partial charge in [-0.3, -0.25) is 15.1 Å². The first-order valence-corrected chi connectivity index (χ1v) is 11.8. The van der Waals surface area contributed by atoms with Gasteiger partial charge in [-0.25, -0.2) is 5.84 Å². The van der Waals surface area contributed by atoms with Gasteiger partial charge in [0.15, 0.2) is 0 Å². The Morgan fingerprint density at radius 1 is 0.968 bits per heavy atom. The summed E-state index contributed by atoms with van der Waals surface area (Å²) in [5.74, 6) is 4.35. The van der Waals surface area contributed by atoms with Gasteiger partial charge in [-0.2, -0.15) is 0 Å². The van der Waals surface area contributed by atoms with Crippen LogP contribution in [0.2, 0.25) is 0 Å². The second-order valence-corrected chi connectivity index (χ2v) is 7.26. The van der Waals surface area contributed by atoms with Crippen molar-refractivity contribution in [2.45, 2.75) is 52.7 Å². The van der Waals surface area contributed by atoms with Gasteiger partial charge in [0, 0.05) is 32.1 Å². The summed E-state index contributed by atoms with van der Waals surface area (Å²) in [7, 11) is 2.23. The van der Waals surface area contributed by atoms with E-state index in [1.54, 1.807) is 0 Å². The number of piperazine rings is 1. The van der Waals surface area contributed by atoms with Gasteiger partial charge in [-0.15, -0.1) is 0 Å². The molecule has 1 fully saturated rings. The van der Waals surface area contributed by atoms with Crippen molar-refractivity contribution in [1.29, 1.82) is 0 Å². The Balaban J connectivity index is 0.000000867. The van der Waals surface area contributed by atoms with Gasteiger partial charge in [0.25, 0.3) is 0 Å². The number of carbonyl (C=O) groups is 1. The van der Waals surface area contributed by atoms with Crippen LogP contribution in [0.5, 0.6) is 0 Å². The standard InChI is InChI=1S/C20H26N2.C2H6N2O.C2H6.CH2.V/c1-16-15-22(17(2)14-21(16)3)20(18-10-6-4-7-11-18)19-12-8-5-9-13-19;1-2(5)4-3;1-2;;/h4-13,16-17,20H,14-15H2,1-3H3;3H2,1H3,(H,4,5);1-2H3;1H2;. The van der Waals surface area contributed by atoms with E-state index >= 15 is 0 Å². The molecular weight excluding hydrogens is 423 g/mol. The number of hydrogen-bond acceptors (Lipinski definition) is 4. The molecule has 171 valence electrons. The van der Waals surface area contributed by atoms with Crippen molar-refractivity contribution in [3.8, 4) is 0 Å². The van der Waals surface area contributed by atoms with Crippen LogP contribution in [0.3, 0.4) is 0 Å². The van der Waals surface area contributed by atoms with Gasteiger partial charge in [0.2, 0.25) is 5.91 Å². The van der Waals surface area contributed by atoms with Gasteiger partial charge < -0.3 is 4.90 Å². The molecule has 0 aromatic heterocycles. The molecule has 1 saturated heterocycles. The SMILES string of the molecule is CC.CC(=O)NN.CC1CN(C(c2ccccc2)c2ccccc2)C(C)CN1C.[CH2]=[V]. The van der Waals surface area contributed by atoms with E-state index < -0.39 is 0 Å². The number of nitrogens with two attached hydrogens (primary N) is 1. The van der Waals surface area contributed by atoms with Crippen LogP contribution in [0.15, 0.2) is 60.7 Å². The average Bonchev–Trinajstić information content (AvgIpc) is 2.82. The van der Waals surface area contributed by atoms with Gasteiger partial charge in [-0.05, 0) is 32.0 Å². The van der Waals surface area contributed by atoms with E-state index in [1.165, 1.54) is 18.1 Å². The Kier molecular flexibility index (Phi) is 15.9. The summed E-state index contributed by atoms with van der Waals surface area (Å²) >= 11 is 2.06. The molecule has 5 nitrogen and oxygen atoms in total. The number of benzene rings is 2. The van der Waals surface area contributed by atoms with Crippen molar-refractivity contribution in [2.24, 2.45) is 5.84 Å². The molecule has 1 amide bonds. The summed E-state index contributed by atoms with van der Waals surface area (Å²) in [4.78, 5) is 14.7. The third kappa shape index (κ3) is 9.94. The Hall–Kier alpha value is -1.76. The van der Waals surface area contributed by atoms with Crippen LogP contribution < -0.4 is 11.3 Å². The van der Waals surface area contributed by atoms with Gasteiger partial charge in [-0.1, -0.05) is 74.5 Å². The first kappa shape index (κ1) is 29.2. The Morgan fingerprint density at radius 2 is 1.35 bits per heavy atom. The summed E-state index contributed by atoms with van der Waals surface area (Å²) in [5, 5.41) is 3.19. The topological polar surface area (TPSA) is 61.6 Å². The number of likely N-dealkylation sites (N-methyl/N-ethyl adjacent to an activating group) is 1. The molecule has 0 bridgehead atoms. The zero-order valence-electron chi connectivity index (χ0n) is 20.0. The molecule has 0 aliphatic carbocycles. The summed E-state index contributed by atoms with van der Waals surface area (Å²) in [5.41, 5.74) is 4.66. The predicted octanol–water partition coefficient (Wildman–Crippen LogP) is 3.79. The van der Waals surface area contributed by atoms with E-state index in [1.807, 2.05) is 19.3 Å². The van der Waals surface area contributed by atoms with E-state index in [0.29, 0.717) is 18.1 Å². The third-order valence-electron chi connectivity index (χ3n) is 5.11. The first-order valence-electron chi connectivity index (χ1n) is 10.8. The molecule has 31 heavy (non-hydrogen) atoms. The summed E-state index contributed by atoms with van der Waals surface area (Å²) < 4.78 is 0. The summed E-state index contributed by atoms with van der Waals surface area (Å²) in [6, 6.07) is 23.3. The van der Waals surface area contributed by atoms with E-state index in [-0.39, 0.29) is 5.91 Å². The maximum absolute atomic E-state index is 9.58. The number of amides is 1. The molecule has 1 aliphatic heterocycles. The number of nitrogens with one attached hydrogen (secondary N) is 1. The van der Waals surface area contributed by atoms with Crippen LogP contribution >= 0.6 is 0 Å². The minimum atomic E-state index is -0.218. The van der Waals surface area contributed by atoms with Crippen molar-refractivity contribution >= 4 is 11.1 Å². The fourth-order valence-electron chi connectivity index (χ4n) is 3.53. The summed E-state index contributed by atoms with van der Waals surface area (Å²) in [6.45, 7) is 12.2. The summed E-state index contributed by atoms with van der Waals surface area (Å²) in [6.07, 6.45) is 0. The van der Waals surface area contributed by atoms with Crippen molar-refractivity contribution in [2.75, 3.05) is 20.1 Å². The van der Waals surface area contributed by atoms with Crippen LogP contribution in [-0.2, 0) is 21.8 Å². The van der Waals surface area contributed by atoms with E-state index in [4.69, 9.17) is 0 Å². The molecule has 0 radical (unpaired) electrons. The van der Waals surface area contributed by atoms with Crippen molar-refractivity contribution in [3.63, 3.8) is 0 Å². The fraction of sp³-hybridized carbons (Fsp3) is 0.440. The molecule has 1 heterocycles. The molecule has 0 saturated carbocycles. The van der Waals surface area contributed by atoms with Crippen LogP contribution in [0.25, 0.3) is 0 Å². The van der Waals surface area contributed by atoms with Crippen molar-refractivity contribution in [3.05, 3.63) is 71.8 Å². The Morgan fingerprint density at radius 3 is 1.71 bits per heavy atom. The molecule has 6 heteroatoms. The monoisotopic (exact) mass is 463 g/mol. The number of carbonyl (C=O) groups excluding carboxylic acids is 1. The van der Waals surface area contributed by atoms with Crippen LogP contribution in [0, 0.1) is 0 Å². The van der Waals surface area contributed by atoms with Gasteiger partial charge in [0.1, 0.15) is 0 Å². The Labute approximate surface area is 198 Å². The molecule has 0 spiro atoms. The van der Waals surface area contributed by atoms with Gasteiger partial charge >= 0.3 is 22.2 Å². The minimum absolute atomic E-state index is 0.218. The maximum atomic E-state index is 9.58. The molecule has 3 rings (SSSR count). The molecule has 3 N–H and O–H groups in total. The van der Waals surface area contributed by atoms with Crippen LogP contribution in [-0.4, -0.2) is 53.2 Å². The molecule has 2 unspecified atom stereocenters. The molecular formula is C25H40N4OV. The quantitative estimate of drug-likeness (QED) is 0.413. The van der Waals surface area contributed by atoms with E-state index in [0.717, 1.165) is 13.1 Å². The second kappa shape index (κ2) is 16.9. The first-order chi connectivity index (χ1) is 14.9. The normalized spacial score (nSPS) is 18.3. The zero-order valence-corrected chi connectivity index (χ0v) is 21.4. The van der Waals surface area contributed by atoms with Gasteiger partial charge in [0.05, 0.1) is 6.04 Å². The van der Waals surface area contributed by atoms with Crippen LogP contribution in [0.1, 0.15) is 51.8 Å². The number of hydrazine groups is 1. The third-order valence-corrected chi connectivity index (χ3v) is 5.11. The predicted molar refractivity (Wildman–Crippen MR) is 129 cm³/mol. The van der Waals surface area contributed by atoms with E-state index in [9.17, 15) is 4.79 Å². The fourth-order valence-corrected chi connectivity index (χ4v) is 3.53. The van der Waals surface area contributed by atoms with Crippen LogP contribution in [0.4, 0.5) is 0 Å². The molecule has 2 aromatic carbocycles. The number of hydrogen-bond donors (Lipinski definition) is 2.